The maximum absolute atomic E-state index is 12.4. The Bertz CT molecular complexity index is 1380. The van der Waals surface area contributed by atoms with Crippen LogP contribution in [0.15, 0.2) is 91.0 Å². The third kappa shape index (κ3) is 9.01. The lowest BCUT2D eigenvalue weighted by Crippen LogP contribution is -2.64. The Labute approximate surface area is 278 Å². The lowest BCUT2D eigenvalue weighted by Gasteiger charge is -2.45. The summed E-state index contributed by atoms with van der Waals surface area (Å²) in [5.74, 6) is 0. The Hall–Kier alpha value is -3.34. The zero-order valence-electron chi connectivity index (χ0n) is 26.5. The van der Waals surface area contributed by atoms with Crippen LogP contribution >= 0.6 is 0 Å². The van der Waals surface area contributed by atoms with Crippen molar-refractivity contribution in [2.45, 2.75) is 93.5 Å². The number of rotatable bonds is 15. The van der Waals surface area contributed by atoms with Gasteiger partial charge in [-0.25, -0.2) is 0 Å². The van der Waals surface area contributed by atoms with E-state index in [0.717, 1.165) is 16.7 Å². The van der Waals surface area contributed by atoms with E-state index in [9.17, 15) is 30.5 Å². The Morgan fingerprint density at radius 3 is 1.73 bits per heavy atom. The molecule has 0 radical (unpaired) electrons. The predicted molar refractivity (Wildman–Crippen MR) is 170 cm³/mol. The lowest BCUT2D eigenvalue weighted by atomic mass is 9.87. The summed E-state index contributed by atoms with van der Waals surface area (Å²) in [6, 6.07) is 26.6. The quantitative estimate of drug-likeness (QED) is 0.137. The first-order valence-electron chi connectivity index (χ1n) is 15.9. The normalized spacial score (nSPS) is 31.3. The molecule has 3 aromatic carbocycles. The van der Waals surface area contributed by atoms with Gasteiger partial charge in [-0.1, -0.05) is 91.0 Å². The minimum absolute atomic E-state index is 0.00507. The van der Waals surface area contributed by atoms with Crippen molar-refractivity contribution in [1.82, 2.24) is 0 Å². The first-order valence-corrected chi connectivity index (χ1v) is 15.9. The van der Waals surface area contributed by atoms with Crippen LogP contribution in [0.4, 0.5) is 0 Å². The van der Waals surface area contributed by atoms with Crippen molar-refractivity contribution in [1.29, 1.82) is 0 Å². The lowest BCUT2D eigenvalue weighted by molar-refractivity contribution is -0.549. The van der Waals surface area contributed by atoms with Crippen molar-refractivity contribution in [3.8, 4) is 0 Å². The van der Waals surface area contributed by atoms with Gasteiger partial charge in [-0.3, -0.25) is 10.1 Å². The molecule has 5 rings (SSSR count). The van der Waals surface area contributed by atoms with Crippen LogP contribution in [0.1, 0.15) is 23.1 Å². The SMILES string of the molecule is CO[C@H]1O[C@H]([C@@H](C[C@H]2O[C@H](COCc3ccccc3)[C@@H](OCc3ccccc3)[C@H](OCc3ccccc3)[C@H]2O)[N+](=O)[O-])[C@@H](O)[C@H](O)[C@H]1O. The molecule has 0 aliphatic carbocycles. The molecule has 0 bridgehead atoms. The molecule has 0 saturated carbocycles. The summed E-state index contributed by atoms with van der Waals surface area (Å²) in [5.41, 5.74) is 2.64. The van der Waals surface area contributed by atoms with E-state index in [-0.39, 0.29) is 26.4 Å². The zero-order valence-corrected chi connectivity index (χ0v) is 26.5. The Balaban J connectivity index is 1.41. The number of benzene rings is 3. The van der Waals surface area contributed by atoms with Crippen LogP contribution in [-0.4, -0.2) is 106 Å². The van der Waals surface area contributed by atoms with E-state index < -0.39 is 78.6 Å². The van der Waals surface area contributed by atoms with Gasteiger partial charge in [0.2, 0.25) is 6.04 Å². The van der Waals surface area contributed by atoms with E-state index in [0.29, 0.717) is 0 Å². The molecule has 0 amide bonds. The van der Waals surface area contributed by atoms with Crippen molar-refractivity contribution in [2.75, 3.05) is 13.7 Å². The number of aliphatic hydroxyl groups excluding tert-OH is 4. The topological polar surface area (TPSA) is 179 Å². The van der Waals surface area contributed by atoms with Crippen LogP contribution in [0.5, 0.6) is 0 Å². The van der Waals surface area contributed by atoms with Crippen LogP contribution < -0.4 is 0 Å². The first kappa shape index (κ1) is 36.0. The molecule has 260 valence electrons. The molecule has 13 nitrogen and oxygen atoms in total. The molecular formula is C35H43NO12. The molecule has 2 aliphatic heterocycles. The van der Waals surface area contributed by atoms with Crippen molar-refractivity contribution in [3.63, 3.8) is 0 Å². The summed E-state index contributed by atoms with van der Waals surface area (Å²) in [6.45, 7) is 0.546. The van der Waals surface area contributed by atoms with Crippen molar-refractivity contribution in [3.05, 3.63) is 118 Å². The number of hydrogen-bond donors (Lipinski definition) is 4. The second-order valence-electron chi connectivity index (χ2n) is 12.0. The number of nitro groups is 1. The number of hydrogen-bond acceptors (Lipinski definition) is 12. The second kappa shape index (κ2) is 17.4. The highest BCUT2D eigenvalue weighted by atomic mass is 16.7. The molecule has 11 atom stereocenters. The zero-order chi connectivity index (χ0) is 34.0. The molecule has 2 aliphatic rings. The molecule has 0 aromatic heterocycles. The molecule has 13 heteroatoms. The smallest absolute Gasteiger partial charge is 0.244 e. The van der Waals surface area contributed by atoms with Crippen LogP contribution in [0.3, 0.4) is 0 Å². The second-order valence-corrected chi connectivity index (χ2v) is 12.0. The summed E-state index contributed by atoms with van der Waals surface area (Å²) in [4.78, 5) is 11.8. The predicted octanol–water partition coefficient (Wildman–Crippen LogP) is 1.99. The van der Waals surface area contributed by atoms with Crippen LogP contribution in [-0.2, 0) is 48.2 Å². The van der Waals surface area contributed by atoms with Gasteiger partial charge < -0.3 is 48.8 Å². The summed E-state index contributed by atoms with van der Waals surface area (Å²) in [5, 5.41) is 55.6. The largest absolute Gasteiger partial charge is 0.388 e. The van der Waals surface area contributed by atoms with Gasteiger partial charge in [0.15, 0.2) is 12.4 Å². The molecule has 4 N–H and O–H groups in total. The Morgan fingerprint density at radius 2 is 1.21 bits per heavy atom. The van der Waals surface area contributed by atoms with Crippen LogP contribution in [0, 0.1) is 10.1 Å². The molecule has 2 heterocycles. The minimum atomic E-state index is -1.82. The highest BCUT2D eigenvalue weighted by Crippen LogP contribution is 2.33. The van der Waals surface area contributed by atoms with Gasteiger partial charge in [0.1, 0.15) is 42.7 Å². The summed E-state index contributed by atoms with van der Waals surface area (Å²) >= 11 is 0. The fraction of sp³-hybridized carbons (Fsp3) is 0.486. The Kier molecular flexibility index (Phi) is 13.0. The summed E-state index contributed by atoms with van der Waals surface area (Å²) in [6.07, 6.45) is -14.0. The van der Waals surface area contributed by atoms with Crippen LogP contribution in [0.2, 0.25) is 0 Å². The van der Waals surface area contributed by atoms with Gasteiger partial charge in [0.25, 0.3) is 0 Å². The average Bonchev–Trinajstić information content (AvgIpc) is 3.11. The molecular weight excluding hydrogens is 626 g/mol. The number of aliphatic hydroxyl groups is 4. The minimum Gasteiger partial charge on any atom is -0.388 e. The molecule has 0 spiro atoms. The average molecular weight is 670 g/mol. The van der Waals surface area contributed by atoms with Gasteiger partial charge >= 0.3 is 0 Å². The van der Waals surface area contributed by atoms with Gasteiger partial charge in [0.05, 0.1) is 32.5 Å². The van der Waals surface area contributed by atoms with E-state index in [1.807, 2.05) is 91.0 Å². The molecule has 0 unspecified atom stereocenters. The number of nitrogens with zero attached hydrogens (tertiary/aromatic N) is 1. The molecule has 2 fully saturated rings. The van der Waals surface area contributed by atoms with E-state index in [1.165, 1.54) is 7.11 Å². The summed E-state index contributed by atoms with van der Waals surface area (Å²) in [7, 11) is 1.20. The van der Waals surface area contributed by atoms with Crippen molar-refractivity contribution >= 4 is 0 Å². The molecule has 48 heavy (non-hydrogen) atoms. The van der Waals surface area contributed by atoms with Gasteiger partial charge in [-0.2, -0.15) is 0 Å². The standard InChI is InChI=1S/C35H43NO12/c1-43-35-31(40)29(38)30(39)32(48-35)25(36(41)42)17-26-28(37)34(46-20-24-15-9-4-10-16-24)33(45-19-23-13-7-3-8-14-23)27(47-26)21-44-18-22-11-5-2-6-12-22/h2-16,25-35,37-40H,17-21H2,1H3/t25-,26-,27-,28+,29+,30+,31-,32-,33-,34-,35+/m1/s1. The van der Waals surface area contributed by atoms with E-state index in [1.54, 1.807) is 0 Å². The van der Waals surface area contributed by atoms with Crippen LogP contribution in [0.25, 0.3) is 0 Å². The van der Waals surface area contributed by atoms with Crippen molar-refractivity contribution in [2.24, 2.45) is 0 Å². The highest BCUT2D eigenvalue weighted by molar-refractivity contribution is 5.15. The maximum atomic E-state index is 12.4. The highest BCUT2D eigenvalue weighted by Gasteiger charge is 2.54. The van der Waals surface area contributed by atoms with E-state index in [2.05, 4.69) is 0 Å². The third-order valence-corrected chi connectivity index (χ3v) is 8.68. The number of ether oxygens (including phenoxy) is 6. The fourth-order valence-corrected chi connectivity index (χ4v) is 6.09. The first-order chi connectivity index (χ1) is 23.3. The molecule has 3 aromatic rings. The molecule has 2 saturated heterocycles. The van der Waals surface area contributed by atoms with Gasteiger partial charge in [-0.15, -0.1) is 0 Å². The Morgan fingerprint density at radius 1 is 0.688 bits per heavy atom. The fourth-order valence-electron chi connectivity index (χ4n) is 6.09. The van der Waals surface area contributed by atoms with Crippen molar-refractivity contribution < 1.29 is 53.8 Å². The van der Waals surface area contributed by atoms with E-state index in [4.69, 9.17) is 28.4 Å². The third-order valence-electron chi connectivity index (χ3n) is 8.68. The monoisotopic (exact) mass is 669 g/mol. The van der Waals surface area contributed by atoms with E-state index >= 15 is 0 Å². The number of methoxy groups -OCH3 is 1. The maximum Gasteiger partial charge on any atom is 0.244 e. The van der Waals surface area contributed by atoms with Gasteiger partial charge in [0, 0.05) is 18.5 Å². The van der Waals surface area contributed by atoms with Gasteiger partial charge in [-0.05, 0) is 16.7 Å². The summed E-state index contributed by atoms with van der Waals surface area (Å²) < 4.78 is 35.8.